The van der Waals surface area contributed by atoms with Crippen molar-refractivity contribution in [3.05, 3.63) is 0 Å². The molecule has 0 aliphatic rings. The van der Waals surface area contributed by atoms with Gasteiger partial charge in [-0.05, 0) is 0 Å². The first-order valence-corrected chi connectivity index (χ1v) is 9.01. The lowest BCUT2D eigenvalue weighted by molar-refractivity contribution is -0.476. The van der Waals surface area contributed by atoms with E-state index in [0.717, 1.165) is 0 Å². The summed E-state index contributed by atoms with van der Waals surface area (Å²) in [6.07, 6.45) is -8.16. The fourth-order valence-electron chi connectivity index (χ4n) is 1.90. The summed E-state index contributed by atoms with van der Waals surface area (Å²) in [5, 5.41) is -8.15. The second kappa shape index (κ2) is 9.13. The fraction of sp³-hybridized carbons (Fsp3) is 1.00. The Bertz CT molecular complexity index is 1010. The number of alkyl halides is 23. The SMILES string of the molecule is N.O=S(=O)(O)C(F)(F)C(F)(F)C(F)(F)C(F)(F)C(F)(F)C(F)(F)C(F)(F)C(F)(F)C(F)(F)C(F)(F)C(F)(F)F. The molecule has 0 aliphatic carbocycles. The van der Waals surface area contributed by atoms with Crippen LogP contribution in [0.5, 0.6) is 0 Å². The quantitative estimate of drug-likeness (QED) is 0.196. The summed E-state index contributed by atoms with van der Waals surface area (Å²) in [7, 11) is -8.17. The molecule has 0 amide bonds. The first-order valence-electron chi connectivity index (χ1n) is 7.57. The van der Waals surface area contributed by atoms with Crippen LogP contribution in [0.3, 0.4) is 0 Å². The molecule has 0 atom stereocenters. The third kappa shape index (κ3) is 4.50. The summed E-state index contributed by atoms with van der Waals surface area (Å²) in [5.74, 6) is -83.2. The van der Waals surface area contributed by atoms with E-state index in [1.807, 2.05) is 0 Å². The van der Waals surface area contributed by atoms with Gasteiger partial charge in [-0.25, -0.2) is 0 Å². The second-order valence-corrected chi connectivity index (χ2v) is 8.12. The van der Waals surface area contributed by atoms with Crippen LogP contribution in [0.25, 0.3) is 0 Å². The fourth-order valence-corrected chi connectivity index (χ4v) is 2.36. The van der Waals surface area contributed by atoms with E-state index in [4.69, 9.17) is 4.55 Å². The zero-order valence-electron chi connectivity index (χ0n) is 16.6. The van der Waals surface area contributed by atoms with Crippen molar-refractivity contribution in [2.24, 2.45) is 0 Å². The summed E-state index contributed by atoms with van der Waals surface area (Å²) < 4.78 is 326. The minimum atomic E-state index is -9.58. The van der Waals surface area contributed by atoms with E-state index in [9.17, 15) is 109 Å². The number of rotatable bonds is 10. The lowest BCUT2D eigenvalue weighted by Crippen LogP contribution is -2.77. The maximum atomic E-state index is 13.4. The van der Waals surface area contributed by atoms with Crippen molar-refractivity contribution in [2.45, 2.75) is 64.7 Å². The van der Waals surface area contributed by atoms with E-state index < -0.39 is 74.9 Å². The average molecular weight is 667 g/mol. The van der Waals surface area contributed by atoms with Crippen LogP contribution in [-0.2, 0) is 10.1 Å². The number of hydrogen-bond donors (Lipinski definition) is 2. The molecular weight excluding hydrogens is 663 g/mol. The van der Waals surface area contributed by atoms with Crippen LogP contribution >= 0.6 is 0 Å². The maximum Gasteiger partial charge on any atom is 0.460 e. The second-order valence-electron chi connectivity index (χ2n) is 6.66. The molecule has 0 unspecified atom stereocenters. The van der Waals surface area contributed by atoms with Gasteiger partial charge >= 0.3 is 74.9 Å². The van der Waals surface area contributed by atoms with Crippen molar-refractivity contribution in [2.75, 3.05) is 0 Å². The molecule has 238 valence electrons. The minimum Gasteiger partial charge on any atom is -0.344 e. The van der Waals surface area contributed by atoms with E-state index in [1.165, 1.54) is 0 Å². The van der Waals surface area contributed by atoms with Crippen LogP contribution in [0.2, 0.25) is 0 Å². The Balaban J connectivity index is 0. The van der Waals surface area contributed by atoms with Crippen molar-refractivity contribution in [1.29, 1.82) is 0 Å². The largest absolute Gasteiger partial charge is 0.460 e. The number of hydrogen-bond acceptors (Lipinski definition) is 3. The summed E-state index contributed by atoms with van der Waals surface area (Å²) in [4.78, 5) is 0. The van der Waals surface area contributed by atoms with Crippen LogP contribution in [0.4, 0.5) is 101 Å². The molecule has 0 aromatic heterocycles. The van der Waals surface area contributed by atoms with Gasteiger partial charge in [0, 0.05) is 0 Å². The Labute approximate surface area is 196 Å². The van der Waals surface area contributed by atoms with Crippen LogP contribution in [0.15, 0.2) is 0 Å². The van der Waals surface area contributed by atoms with E-state index >= 15 is 0 Å². The lowest BCUT2D eigenvalue weighted by Gasteiger charge is -2.44. The van der Waals surface area contributed by atoms with Crippen molar-refractivity contribution >= 4 is 10.1 Å². The molecular formula is C11H4F23NO3S. The van der Waals surface area contributed by atoms with Gasteiger partial charge in [0.25, 0.3) is 0 Å². The van der Waals surface area contributed by atoms with Gasteiger partial charge in [0.2, 0.25) is 0 Å². The lowest BCUT2D eigenvalue weighted by atomic mass is 9.86. The molecule has 0 rings (SSSR count). The van der Waals surface area contributed by atoms with Gasteiger partial charge < -0.3 is 6.15 Å². The predicted molar refractivity (Wildman–Crippen MR) is 72.1 cm³/mol. The van der Waals surface area contributed by atoms with Gasteiger partial charge in [-0.2, -0.15) is 109 Å². The highest BCUT2D eigenvalue weighted by Crippen LogP contribution is 2.67. The third-order valence-electron chi connectivity index (χ3n) is 4.20. The Kier molecular flexibility index (Phi) is 9.23. The summed E-state index contributed by atoms with van der Waals surface area (Å²) in [6.45, 7) is 0. The molecule has 0 spiro atoms. The highest BCUT2D eigenvalue weighted by atomic mass is 32.2. The molecule has 0 bridgehead atoms. The molecule has 0 heterocycles. The standard InChI is InChI=1S/C11HF23O3S.H3N/c12-1(13,2(14,15)4(18,19)6(22,23)8(26,27)10(30,31)32)3(16,17)5(20,21)7(24,25)9(28,29)11(33,34)38(35,36)37;/h(H,35,36,37);1H3. The first-order chi connectivity index (χ1) is 15.8. The van der Waals surface area contributed by atoms with E-state index in [1.54, 1.807) is 0 Å². The van der Waals surface area contributed by atoms with Crippen molar-refractivity contribution < 1.29 is 114 Å². The Morgan fingerprint density at radius 3 is 0.641 bits per heavy atom. The monoisotopic (exact) mass is 667 g/mol. The molecule has 39 heavy (non-hydrogen) atoms. The van der Waals surface area contributed by atoms with Crippen molar-refractivity contribution in [3.63, 3.8) is 0 Å². The smallest absolute Gasteiger partial charge is 0.344 e. The Morgan fingerprint density at radius 2 is 0.487 bits per heavy atom. The molecule has 0 saturated carbocycles. The van der Waals surface area contributed by atoms with Crippen LogP contribution in [-0.4, -0.2) is 77.7 Å². The van der Waals surface area contributed by atoms with Gasteiger partial charge in [-0.3, -0.25) is 4.55 Å². The van der Waals surface area contributed by atoms with Crippen LogP contribution < -0.4 is 6.15 Å². The normalized spacial score (nSPS) is 16.7. The zero-order valence-corrected chi connectivity index (χ0v) is 17.4. The molecule has 4 N–H and O–H groups in total. The minimum absolute atomic E-state index is 0. The topological polar surface area (TPSA) is 89.4 Å². The molecule has 28 heteroatoms. The van der Waals surface area contributed by atoms with Gasteiger partial charge in [0.15, 0.2) is 0 Å². The van der Waals surface area contributed by atoms with Crippen LogP contribution in [0.1, 0.15) is 0 Å². The van der Waals surface area contributed by atoms with Crippen LogP contribution in [0, 0.1) is 0 Å². The van der Waals surface area contributed by atoms with Crippen molar-refractivity contribution in [1.82, 2.24) is 6.15 Å². The first kappa shape index (κ1) is 39.4. The third-order valence-corrected chi connectivity index (χ3v) is 5.10. The summed E-state index contributed by atoms with van der Waals surface area (Å²) in [6, 6.07) is 0. The van der Waals surface area contributed by atoms with E-state index in [-0.39, 0.29) is 6.15 Å². The highest BCUT2D eigenvalue weighted by Gasteiger charge is 2.99. The molecule has 0 fully saturated rings. The molecule has 0 aromatic rings. The molecule has 0 aliphatic heterocycles. The molecule has 0 saturated heterocycles. The number of halogens is 23. The van der Waals surface area contributed by atoms with Gasteiger partial charge in [0.05, 0.1) is 0 Å². The predicted octanol–water partition coefficient (Wildman–Crippen LogP) is 6.91. The van der Waals surface area contributed by atoms with Crippen molar-refractivity contribution in [3.8, 4) is 0 Å². The van der Waals surface area contributed by atoms with E-state index in [2.05, 4.69) is 0 Å². The molecule has 0 aromatic carbocycles. The molecule has 0 radical (unpaired) electrons. The van der Waals surface area contributed by atoms with E-state index in [0.29, 0.717) is 0 Å². The summed E-state index contributed by atoms with van der Waals surface area (Å²) in [5.41, 5.74) is 0. The maximum absolute atomic E-state index is 13.4. The molecule has 4 nitrogen and oxygen atoms in total. The highest BCUT2D eigenvalue weighted by molar-refractivity contribution is 7.87. The van der Waals surface area contributed by atoms with Gasteiger partial charge in [-0.1, -0.05) is 0 Å². The Hall–Kier alpha value is -1.74. The average Bonchev–Trinajstić information content (AvgIpc) is 2.64. The zero-order chi connectivity index (χ0) is 32.0. The Morgan fingerprint density at radius 1 is 0.333 bits per heavy atom. The van der Waals surface area contributed by atoms with Gasteiger partial charge in [-0.15, -0.1) is 0 Å². The summed E-state index contributed by atoms with van der Waals surface area (Å²) >= 11 is 0. The van der Waals surface area contributed by atoms with Gasteiger partial charge in [0.1, 0.15) is 0 Å².